The summed E-state index contributed by atoms with van der Waals surface area (Å²) in [5.41, 5.74) is 6.50. The van der Waals surface area contributed by atoms with Crippen LogP contribution in [0.1, 0.15) is 11.6 Å². The van der Waals surface area contributed by atoms with Gasteiger partial charge in [0.25, 0.3) is 0 Å². The summed E-state index contributed by atoms with van der Waals surface area (Å²) in [6.07, 6.45) is 0. The van der Waals surface area contributed by atoms with E-state index < -0.39 is 6.04 Å². The molecule has 1 atom stereocenters. The van der Waals surface area contributed by atoms with Crippen molar-refractivity contribution < 1.29 is 14.6 Å². The second-order valence-electron chi connectivity index (χ2n) is 3.03. The Bertz CT molecular complexity index is 344. The van der Waals surface area contributed by atoms with Crippen molar-refractivity contribution in [3.05, 3.63) is 22.2 Å². The minimum atomic E-state index is -0.416. The molecule has 0 aliphatic carbocycles. The summed E-state index contributed by atoms with van der Waals surface area (Å²) in [5.74, 6) is 1.21. The summed E-state index contributed by atoms with van der Waals surface area (Å²) in [5, 5.41) is 8.96. The predicted molar refractivity (Wildman–Crippen MR) is 61.3 cm³/mol. The molecule has 0 heterocycles. The highest BCUT2D eigenvalue weighted by atomic mass is 79.9. The highest BCUT2D eigenvalue weighted by Crippen LogP contribution is 2.37. The van der Waals surface area contributed by atoms with Crippen molar-refractivity contribution >= 4 is 15.9 Å². The van der Waals surface area contributed by atoms with Crippen LogP contribution in [0.5, 0.6) is 11.5 Å². The molecular formula is C10H14BrNO3. The molecule has 3 N–H and O–H groups in total. The number of aliphatic hydroxyl groups is 1. The lowest BCUT2D eigenvalue weighted by Gasteiger charge is -2.14. The molecule has 0 unspecified atom stereocenters. The molecule has 0 saturated heterocycles. The van der Waals surface area contributed by atoms with Crippen molar-refractivity contribution in [1.29, 1.82) is 0 Å². The lowest BCUT2D eigenvalue weighted by Crippen LogP contribution is -2.14. The Labute approximate surface area is 97.1 Å². The van der Waals surface area contributed by atoms with Gasteiger partial charge >= 0.3 is 0 Å². The zero-order chi connectivity index (χ0) is 11.4. The van der Waals surface area contributed by atoms with E-state index in [1.54, 1.807) is 20.3 Å². The number of hydrogen-bond acceptors (Lipinski definition) is 4. The Hall–Kier alpha value is -0.780. The van der Waals surface area contributed by atoms with E-state index in [-0.39, 0.29) is 6.61 Å². The molecule has 0 bridgehead atoms. The normalized spacial score (nSPS) is 12.3. The van der Waals surface area contributed by atoms with Crippen LogP contribution in [-0.2, 0) is 0 Å². The number of ether oxygens (including phenoxy) is 2. The monoisotopic (exact) mass is 275 g/mol. The molecule has 1 aromatic carbocycles. The van der Waals surface area contributed by atoms with Crippen LogP contribution in [0.15, 0.2) is 16.6 Å². The van der Waals surface area contributed by atoms with Gasteiger partial charge in [0.2, 0.25) is 0 Å². The second kappa shape index (κ2) is 5.34. The second-order valence-corrected chi connectivity index (χ2v) is 3.88. The summed E-state index contributed by atoms with van der Waals surface area (Å²) in [6.45, 7) is -0.109. The van der Waals surface area contributed by atoms with E-state index in [0.717, 1.165) is 10.0 Å². The van der Waals surface area contributed by atoms with Gasteiger partial charge in [0.05, 0.1) is 31.3 Å². The number of methoxy groups -OCH3 is 2. The van der Waals surface area contributed by atoms with Gasteiger partial charge in [0.15, 0.2) is 11.5 Å². The molecule has 4 nitrogen and oxygen atoms in total. The van der Waals surface area contributed by atoms with Gasteiger partial charge in [0, 0.05) is 0 Å². The van der Waals surface area contributed by atoms with E-state index in [9.17, 15) is 0 Å². The fraction of sp³-hybridized carbons (Fsp3) is 0.400. The highest BCUT2D eigenvalue weighted by Gasteiger charge is 2.13. The Morgan fingerprint density at radius 3 is 2.53 bits per heavy atom. The Morgan fingerprint density at radius 1 is 1.40 bits per heavy atom. The molecule has 5 heteroatoms. The zero-order valence-corrected chi connectivity index (χ0v) is 10.2. The molecule has 0 aliphatic heterocycles. The van der Waals surface area contributed by atoms with Gasteiger partial charge < -0.3 is 20.3 Å². The number of benzene rings is 1. The van der Waals surface area contributed by atoms with Crippen molar-refractivity contribution in [2.75, 3.05) is 20.8 Å². The third-order valence-electron chi connectivity index (χ3n) is 2.08. The standard InChI is InChI=1S/C10H14BrNO3/c1-14-9-4-6(8(12)5-13)3-7(11)10(9)15-2/h3-4,8,13H,5,12H2,1-2H3/t8-/m0/s1. The smallest absolute Gasteiger partial charge is 0.174 e. The average Bonchev–Trinajstić information content (AvgIpc) is 2.26. The van der Waals surface area contributed by atoms with Crippen LogP contribution in [-0.4, -0.2) is 25.9 Å². The van der Waals surface area contributed by atoms with Crippen molar-refractivity contribution in [1.82, 2.24) is 0 Å². The minimum absolute atomic E-state index is 0.109. The van der Waals surface area contributed by atoms with Gasteiger partial charge in [-0.1, -0.05) is 0 Å². The highest BCUT2D eigenvalue weighted by molar-refractivity contribution is 9.10. The number of nitrogens with two attached hydrogens (primary N) is 1. The number of aliphatic hydroxyl groups excluding tert-OH is 1. The van der Waals surface area contributed by atoms with Crippen LogP contribution in [0.4, 0.5) is 0 Å². The molecule has 0 aromatic heterocycles. The lowest BCUT2D eigenvalue weighted by atomic mass is 10.1. The maximum Gasteiger partial charge on any atom is 0.174 e. The van der Waals surface area contributed by atoms with Crippen LogP contribution in [0.3, 0.4) is 0 Å². The van der Waals surface area contributed by atoms with Crippen LogP contribution < -0.4 is 15.2 Å². The fourth-order valence-corrected chi connectivity index (χ4v) is 1.88. The largest absolute Gasteiger partial charge is 0.493 e. The average molecular weight is 276 g/mol. The molecule has 0 radical (unpaired) electrons. The maximum atomic E-state index is 8.96. The van der Waals surface area contributed by atoms with Crippen molar-refractivity contribution in [3.63, 3.8) is 0 Å². The minimum Gasteiger partial charge on any atom is -0.493 e. The first kappa shape index (κ1) is 12.3. The van der Waals surface area contributed by atoms with Gasteiger partial charge in [-0.15, -0.1) is 0 Å². The van der Waals surface area contributed by atoms with E-state index in [0.29, 0.717) is 11.5 Å². The predicted octanol–water partition coefficient (Wildman–Crippen LogP) is 1.46. The lowest BCUT2D eigenvalue weighted by molar-refractivity contribution is 0.267. The molecule has 0 saturated carbocycles. The van der Waals surface area contributed by atoms with E-state index in [2.05, 4.69) is 15.9 Å². The molecule has 1 aromatic rings. The van der Waals surface area contributed by atoms with Crippen molar-refractivity contribution in [2.24, 2.45) is 5.73 Å². The van der Waals surface area contributed by atoms with Crippen LogP contribution in [0.2, 0.25) is 0 Å². The summed E-state index contributed by atoms with van der Waals surface area (Å²) in [7, 11) is 3.12. The Balaban J connectivity index is 3.19. The molecule has 84 valence electrons. The molecule has 0 amide bonds. The van der Waals surface area contributed by atoms with Crippen molar-refractivity contribution in [2.45, 2.75) is 6.04 Å². The van der Waals surface area contributed by atoms with E-state index in [4.69, 9.17) is 20.3 Å². The van der Waals surface area contributed by atoms with Crippen LogP contribution in [0, 0.1) is 0 Å². The molecule has 0 spiro atoms. The number of halogens is 1. The topological polar surface area (TPSA) is 64.7 Å². The summed E-state index contributed by atoms with van der Waals surface area (Å²) in [4.78, 5) is 0. The van der Waals surface area contributed by atoms with Gasteiger partial charge in [-0.3, -0.25) is 0 Å². The van der Waals surface area contributed by atoms with Crippen LogP contribution in [0.25, 0.3) is 0 Å². The molecule has 1 rings (SSSR count). The quantitative estimate of drug-likeness (QED) is 0.873. The number of hydrogen-bond donors (Lipinski definition) is 2. The van der Waals surface area contributed by atoms with E-state index in [1.165, 1.54) is 0 Å². The van der Waals surface area contributed by atoms with Crippen LogP contribution >= 0.6 is 15.9 Å². The van der Waals surface area contributed by atoms with Gasteiger partial charge in [-0.25, -0.2) is 0 Å². The third kappa shape index (κ3) is 2.62. The van der Waals surface area contributed by atoms with Gasteiger partial charge in [-0.05, 0) is 33.6 Å². The zero-order valence-electron chi connectivity index (χ0n) is 8.66. The third-order valence-corrected chi connectivity index (χ3v) is 2.67. The molecule has 15 heavy (non-hydrogen) atoms. The van der Waals surface area contributed by atoms with Gasteiger partial charge in [-0.2, -0.15) is 0 Å². The SMILES string of the molecule is COc1cc([C@@H](N)CO)cc(Br)c1OC. The summed E-state index contributed by atoms with van der Waals surface area (Å²) >= 11 is 3.35. The summed E-state index contributed by atoms with van der Waals surface area (Å²) < 4.78 is 11.1. The first-order valence-electron chi connectivity index (χ1n) is 4.41. The summed E-state index contributed by atoms with van der Waals surface area (Å²) in [6, 6.07) is 3.15. The first-order valence-corrected chi connectivity index (χ1v) is 5.21. The maximum absolute atomic E-state index is 8.96. The Morgan fingerprint density at radius 2 is 2.07 bits per heavy atom. The van der Waals surface area contributed by atoms with E-state index in [1.807, 2.05) is 6.07 Å². The number of rotatable bonds is 4. The van der Waals surface area contributed by atoms with Gasteiger partial charge in [0.1, 0.15) is 0 Å². The molecule has 0 aliphatic rings. The first-order chi connectivity index (χ1) is 7.13. The van der Waals surface area contributed by atoms with E-state index >= 15 is 0 Å². The fourth-order valence-electron chi connectivity index (χ4n) is 1.26. The molecular weight excluding hydrogens is 262 g/mol. The van der Waals surface area contributed by atoms with Crippen molar-refractivity contribution in [3.8, 4) is 11.5 Å². The molecule has 0 fully saturated rings. The Kier molecular flexibility index (Phi) is 4.38.